The van der Waals surface area contributed by atoms with Gasteiger partial charge in [0.15, 0.2) is 5.65 Å². The van der Waals surface area contributed by atoms with E-state index in [4.69, 9.17) is 11.6 Å². The molecule has 0 aliphatic heterocycles. The third-order valence-corrected chi connectivity index (χ3v) is 3.23. The molecule has 0 unspecified atom stereocenters. The Labute approximate surface area is 120 Å². The Morgan fingerprint density at radius 2 is 2.20 bits per heavy atom. The molecule has 3 aromatic rings. The standard InChI is InChI=1S/C14H11ClN4O/c1-18(11-4-2-3-10(15)7-11)14(20)12-9-19-6-5-16-13(19)8-17-12/h2-9H,1H3. The van der Waals surface area contributed by atoms with Crippen LogP contribution in [-0.4, -0.2) is 27.3 Å². The van der Waals surface area contributed by atoms with Crippen LogP contribution in [0.5, 0.6) is 0 Å². The van der Waals surface area contributed by atoms with Gasteiger partial charge in [0.1, 0.15) is 5.69 Å². The van der Waals surface area contributed by atoms with E-state index in [1.165, 1.54) is 4.90 Å². The summed E-state index contributed by atoms with van der Waals surface area (Å²) < 4.78 is 1.76. The highest BCUT2D eigenvalue weighted by molar-refractivity contribution is 6.31. The molecule has 5 nitrogen and oxygen atoms in total. The predicted octanol–water partition coefficient (Wildman–Crippen LogP) is 2.66. The van der Waals surface area contributed by atoms with Crippen LogP contribution < -0.4 is 4.90 Å². The van der Waals surface area contributed by atoms with Gasteiger partial charge in [0, 0.05) is 36.3 Å². The second kappa shape index (κ2) is 4.94. The number of halogens is 1. The highest BCUT2D eigenvalue weighted by Crippen LogP contribution is 2.19. The Kier molecular flexibility index (Phi) is 3.12. The number of aromatic nitrogens is 3. The lowest BCUT2D eigenvalue weighted by Crippen LogP contribution is -2.27. The number of amides is 1. The zero-order valence-corrected chi connectivity index (χ0v) is 11.4. The van der Waals surface area contributed by atoms with Crippen LogP contribution in [0.1, 0.15) is 10.5 Å². The average Bonchev–Trinajstić information content (AvgIpc) is 2.93. The van der Waals surface area contributed by atoms with Crippen molar-refractivity contribution in [1.82, 2.24) is 14.4 Å². The first-order valence-corrected chi connectivity index (χ1v) is 6.35. The van der Waals surface area contributed by atoms with Crippen LogP contribution in [0.2, 0.25) is 5.02 Å². The zero-order valence-electron chi connectivity index (χ0n) is 10.7. The maximum atomic E-state index is 12.4. The Bertz CT molecular complexity index is 783. The Morgan fingerprint density at radius 1 is 1.35 bits per heavy atom. The van der Waals surface area contributed by atoms with Crippen LogP contribution in [0.4, 0.5) is 5.69 Å². The zero-order chi connectivity index (χ0) is 14.1. The minimum Gasteiger partial charge on any atom is -0.310 e. The number of carbonyl (C=O) groups excluding carboxylic acids is 1. The van der Waals surface area contributed by atoms with Crippen molar-refractivity contribution < 1.29 is 4.79 Å². The number of fused-ring (bicyclic) bond motifs is 1. The fourth-order valence-electron chi connectivity index (χ4n) is 1.91. The van der Waals surface area contributed by atoms with E-state index in [0.29, 0.717) is 16.4 Å². The van der Waals surface area contributed by atoms with E-state index < -0.39 is 0 Å². The molecule has 0 radical (unpaired) electrons. The van der Waals surface area contributed by atoms with Crippen LogP contribution in [0, 0.1) is 0 Å². The number of anilines is 1. The molecule has 0 aliphatic carbocycles. The van der Waals surface area contributed by atoms with Gasteiger partial charge in [-0.05, 0) is 18.2 Å². The lowest BCUT2D eigenvalue weighted by Gasteiger charge is -2.17. The molecular weight excluding hydrogens is 276 g/mol. The molecule has 2 heterocycles. The molecular formula is C14H11ClN4O. The van der Waals surface area contributed by atoms with Gasteiger partial charge in [-0.25, -0.2) is 9.97 Å². The summed E-state index contributed by atoms with van der Waals surface area (Å²) in [7, 11) is 1.69. The molecule has 0 saturated carbocycles. The second-order valence-corrected chi connectivity index (χ2v) is 4.75. The minimum absolute atomic E-state index is 0.206. The van der Waals surface area contributed by atoms with Crippen LogP contribution in [0.25, 0.3) is 5.65 Å². The molecule has 1 amide bonds. The van der Waals surface area contributed by atoms with Gasteiger partial charge in [-0.1, -0.05) is 17.7 Å². The van der Waals surface area contributed by atoms with Gasteiger partial charge in [0.25, 0.3) is 5.91 Å². The summed E-state index contributed by atoms with van der Waals surface area (Å²) in [6.45, 7) is 0. The first kappa shape index (κ1) is 12.6. The van der Waals surface area contributed by atoms with Crippen molar-refractivity contribution in [2.75, 3.05) is 11.9 Å². The highest BCUT2D eigenvalue weighted by Gasteiger charge is 2.15. The van der Waals surface area contributed by atoms with Crippen molar-refractivity contribution in [1.29, 1.82) is 0 Å². The molecule has 0 atom stereocenters. The fourth-order valence-corrected chi connectivity index (χ4v) is 2.09. The smallest absolute Gasteiger partial charge is 0.278 e. The van der Waals surface area contributed by atoms with Crippen molar-refractivity contribution >= 4 is 28.8 Å². The van der Waals surface area contributed by atoms with Crippen molar-refractivity contribution in [2.45, 2.75) is 0 Å². The number of carbonyl (C=O) groups is 1. The molecule has 3 rings (SSSR count). The van der Waals surface area contributed by atoms with Crippen molar-refractivity contribution in [3.8, 4) is 0 Å². The van der Waals surface area contributed by atoms with E-state index in [9.17, 15) is 4.79 Å². The normalized spacial score (nSPS) is 10.7. The third kappa shape index (κ3) is 2.23. The lowest BCUT2D eigenvalue weighted by atomic mass is 10.3. The summed E-state index contributed by atoms with van der Waals surface area (Å²) in [5.41, 5.74) is 1.76. The van der Waals surface area contributed by atoms with Crippen LogP contribution in [0.15, 0.2) is 49.1 Å². The average molecular weight is 287 g/mol. The van der Waals surface area contributed by atoms with Crippen molar-refractivity contribution in [3.05, 3.63) is 59.8 Å². The van der Waals surface area contributed by atoms with Crippen molar-refractivity contribution in [2.24, 2.45) is 0 Å². The van der Waals surface area contributed by atoms with E-state index >= 15 is 0 Å². The molecule has 100 valence electrons. The summed E-state index contributed by atoms with van der Waals surface area (Å²) in [5, 5.41) is 0.583. The topological polar surface area (TPSA) is 50.5 Å². The number of imidazole rings is 1. The van der Waals surface area contributed by atoms with Gasteiger partial charge in [0.2, 0.25) is 0 Å². The molecule has 0 fully saturated rings. The molecule has 1 aromatic carbocycles. The van der Waals surface area contributed by atoms with Gasteiger partial charge in [-0.3, -0.25) is 4.79 Å². The summed E-state index contributed by atoms with van der Waals surface area (Å²) in [5.74, 6) is -0.206. The fraction of sp³-hybridized carbons (Fsp3) is 0.0714. The quantitative estimate of drug-likeness (QED) is 0.728. The molecule has 0 bridgehead atoms. The summed E-state index contributed by atoms with van der Waals surface area (Å²) >= 11 is 5.94. The number of nitrogens with zero attached hydrogens (tertiary/aromatic N) is 4. The van der Waals surface area contributed by atoms with E-state index in [1.807, 2.05) is 6.07 Å². The SMILES string of the molecule is CN(C(=O)c1cn2ccnc2cn1)c1cccc(Cl)c1. The van der Waals surface area contributed by atoms with E-state index in [1.54, 1.807) is 54.4 Å². The molecule has 2 aromatic heterocycles. The summed E-state index contributed by atoms with van der Waals surface area (Å²) in [4.78, 5) is 22.2. The van der Waals surface area contributed by atoms with Gasteiger partial charge >= 0.3 is 0 Å². The van der Waals surface area contributed by atoms with Crippen molar-refractivity contribution in [3.63, 3.8) is 0 Å². The van der Waals surface area contributed by atoms with E-state index in [-0.39, 0.29) is 5.91 Å². The maximum absolute atomic E-state index is 12.4. The summed E-state index contributed by atoms with van der Waals surface area (Å²) in [6.07, 6.45) is 6.66. The van der Waals surface area contributed by atoms with Gasteiger partial charge < -0.3 is 9.30 Å². The molecule has 20 heavy (non-hydrogen) atoms. The second-order valence-electron chi connectivity index (χ2n) is 4.31. The van der Waals surface area contributed by atoms with Gasteiger partial charge in [-0.2, -0.15) is 0 Å². The Balaban J connectivity index is 1.94. The number of benzene rings is 1. The molecule has 6 heteroatoms. The first-order valence-electron chi connectivity index (χ1n) is 5.97. The van der Waals surface area contributed by atoms with E-state index in [2.05, 4.69) is 9.97 Å². The van der Waals surface area contributed by atoms with Gasteiger partial charge in [0.05, 0.1) is 6.20 Å². The minimum atomic E-state index is -0.206. The highest BCUT2D eigenvalue weighted by atomic mass is 35.5. The van der Waals surface area contributed by atoms with Crippen LogP contribution in [0.3, 0.4) is 0 Å². The monoisotopic (exact) mass is 286 g/mol. The number of hydrogen-bond donors (Lipinski definition) is 0. The van der Waals surface area contributed by atoms with Crippen LogP contribution in [-0.2, 0) is 0 Å². The molecule has 0 saturated heterocycles. The lowest BCUT2D eigenvalue weighted by molar-refractivity contribution is 0.0988. The Morgan fingerprint density at radius 3 is 3.00 bits per heavy atom. The molecule has 0 spiro atoms. The largest absolute Gasteiger partial charge is 0.310 e. The van der Waals surface area contributed by atoms with E-state index in [0.717, 1.165) is 5.69 Å². The predicted molar refractivity (Wildman–Crippen MR) is 77.2 cm³/mol. The Hall–Kier alpha value is -2.40. The number of hydrogen-bond acceptors (Lipinski definition) is 3. The maximum Gasteiger partial charge on any atom is 0.278 e. The van der Waals surface area contributed by atoms with Gasteiger partial charge in [-0.15, -0.1) is 0 Å². The third-order valence-electron chi connectivity index (χ3n) is 3.00. The summed E-state index contributed by atoms with van der Waals surface area (Å²) in [6, 6.07) is 7.11. The molecule has 0 aliphatic rings. The van der Waals surface area contributed by atoms with Crippen LogP contribution >= 0.6 is 11.6 Å². The first-order chi connectivity index (χ1) is 9.65. The molecule has 0 N–H and O–H groups in total. The number of rotatable bonds is 2.